The fourth-order valence-electron chi connectivity index (χ4n) is 2.31. The lowest BCUT2D eigenvalue weighted by molar-refractivity contribution is 0.408. The van der Waals surface area contributed by atoms with Crippen LogP contribution in [-0.2, 0) is 13.5 Å². The quantitative estimate of drug-likeness (QED) is 0.883. The second kappa shape index (κ2) is 5.40. The number of furan rings is 1. The Morgan fingerprint density at radius 3 is 2.72 bits per heavy atom. The van der Waals surface area contributed by atoms with Gasteiger partial charge in [-0.2, -0.15) is 5.10 Å². The van der Waals surface area contributed by atoms with E-state index in [-0.39, 0.29) is 6.04 Å². The van der Waals surface area contributed by atoms with Gasteiger partial charge in [0.05, 0.1) is 18.0 Å². The van der Waals surface area contributed by atoms with Crippen LogP contribution in [0.4, 0.5) is 0 Å². The van der Waals surface area contributed by atoms with Crippen molar-refractivity contribution in [3.05, 3.63) is 41.1 Å². The molecule has 1 atom stereocenters. The molecule has 98 valence electrons. The summed E-state index contributed by atoms with van der Waals surface area (Å²) in [4.78, 5) is 0. The molecule has 0 saturated heterocycles. The molecule has 0 spiro atoms. The van der Waals surface area contributed by atoms with Crippen LogP contribution in [0.2, 0.25) is 0 Å². The summed E-state index contributed by atoms with van der Waals surface area (Å²) in [6, 6.07) is 4.34. The van der Waals surface area contributed by atoms with Gasteiger partial charge in [-0.05, 0) is 38.1 Å². The van der Waals surface area contributed by atoms with Crippen molar-refractivity contribution in [2.24, 2.45) is 7.05 Å². The summed E-state index contributed by atoms with van der Waals surface area (Å²) < 4.78 is 7.55. The molecule has 0 bridgehead atoms. The van der Waals surface area contributed by atoms with Gasteiger partial charge >= 0.3 is 0 Å². The molecule has 0 radical (unpaired) electrons. The van der Waals surface area contributed by atoms with E-state index in [1.807, 2.05) is 24.7 Å². The molecule has 0 fully saturated rings. The highest BCUT2D eigenvalue weighted by molar-refractivity contribution is 5.21. The molecular formula is C14H21N3O. The Kier molecular flexibility index (Phi) is 3.87. The van der Waals surface area contributed by atoms with Gasteiger partial charge in [-0.3, -0.25) is 4.68 Å². The van der Waals surface area contributed by atoms with E-state index in [9.17, 15) is 0 Å². The molecule has 1 unspecified atom stereocenters. The van der Waals surface area contributed by atoms with Crippen molar-refractivity contribution in [1.29, 1.82) is 0 Å². The molecule has 2 aromatic heterocycles. The van der Waals surface area contributed by atoms with Crippen molar-refractivity contribution in [1.82, 2.24) is 15.1 Å². The van der Waals surface area contributed by atoms with Gasteiger partial charge < -0.3 is 9.73 Å². The zero-order chi connectivity index (χ0) is 13.1. The fraction of sp³-hybridized carbons (Fsp3) is 0.500. The minimum absolute atomic E-state index is 0.208. The van der Waals surface area contributed by atoms with Crippen molar-refractivity contribution >= 4 is 0 Å². The smallest absolute Gasteiger partial charge is 0.123 e. The van der Waals surface area contributed by atoms with Crippen LogP contribution in [0, 0.1) is 13.8 Å². The van der Waals surface area contributed by atoms with Crippen LogP contribution in [0.3, 0.4) is 0 Å². The first-order valence-electron chi connectivity index (χ1n) is 6.38. The predicted molar refractivity (Wildman–Crippen MR) is 71.5 cm³/mol. The Labute approximate surface area is 108 Å². The minimum atomic E-state index is 0.208. The van der Waals surface area contributed by atoms with E-state index < -0.39 is 0 Å². The standard InChI is InChI=1S/C14H21N3O/c1-5-15-13(14-10(2)6-7-18-14)9-12-8-11(3)16-17(12)4/h6-8,13,15H,5,9H2,1-4H3. The Morgan fingerprint density at radius 2 is 2.22 bits per heavy atom. The molecule has 2 aromatic rings. The van der Waals surface area contributed by atoms with Crippen LogP contribution in [0.25, 0.3) is 0 Å². The summed E-state index contributed by atoms with van der Waals surface area (Å²) in [6.45, 7) is 7.13. The van der Waals surface area contributed by atoms with Crippen LogP contribution in [-0.4, -0.2) is 16.3 Å². The number of hydrogen-bond acceptors (Lipinski definition) is 3. The van der Waals surface area contributed by atoms with Gasteiger partial charge in [-0.15, -0.1) is 0 Å². The monoisotopic (exact) mass is 247 g/mol. The third-order valence-corrected chi connectivity index (χ3v) is 3.18. The van der Waals surface area contributed by atoms with E-state index in [4.69, 9.17) is 4.42 Å². The lowest BCUT2D eigenvalue weighted by Gasteiger charge is -2.16. The molecule has 4 heteroatoms. The van der Waals surface area contributed by atoms with E-state index in [0.717, 1.165) is 24.4 Å². The minimum Gasteiger partial charge on any atom is -0.467 e. The molecule has 0 aliphatic heterocycles. The first-order valence-corrected chi connectivity index (χ1v) is 6.38. The van der Waals surface area contributed by atoms with Crippen LogP contribution in [0.15, 0.2) is 22.8 Å². The Balaban J connectivity index is 2.22. The average molecular weight is 247 g/mol. The van der Waals surface area contributed by atoms with Crippen LogP contribution in [0.5, 0.6) is 0 Å². The van der Waals surface area contributed by atoms with Crippen LogP contribution >= 0.6 is 0 Å². The van der Waals surface area contributed by atoms with E-state index in [1.54, 1.807) is 6.26 Å². The topological polar surface area (TPSA) is 43.0 Å². The number of aromatic nitrogens is 2. The van der Waals surface area contributed by atoms with Gasteiger partial charge in [-0.25, -0.2) is 0 Å². The first-order chi connectivity index (χ1) is 8.61. The molecule has 0 aliphatic rings. The third-order valence-electron chi connectivity index (χ3n) is 3.18. The molecule has 0 aromatic carbocycles. The normalized spacial score (nSPS) is 12.9. The van der Waals surface area contributed by atoms with Crippen molar-refractivity contribution in [3.8, 4) is 0 Å². The molecule has 2 rings (SSSR count). The molecule has 0 aliphatic carbocycles. The van der Waals surface area contributed by atoms with E-state index in [1.165, 1.54) is 11.3 Å². The Bertz CT molecular complexity index is 513. The Morgan fingerprint density at radius 1 is 1.44 bits per heavy atom. The van der Waals surface area contributed by atoms with Crippen molar-refractivity contribution in [2.75, 3.05) is 6.54 Å². The fourth-order valence-corrected chi connectivity index (χ4v) is 2.31. The molecule has 2 heterocycles. The maximum absolute atomic E-state index is 5.61. The van der Waals surface area contributed by atoms with Gasteiger partial charge in [0.25, 0.3) is 0 Å². The van der Waals surface area contributed by atoms with Gasteiger partial charge in [0, 0.05) is 19.2 Å². The van der Waals surface area contributed by atoms with Crippen molar-refractivity contribution in [2.45, 2.75) is 33.2 Å². The molecule has 0 amide bonds. The van der Waals surface area contributed by atoms with E-state index >= 15 is 0 Å². The average Bonchev–Trinajstić information content (AvgIpc) is 2.85. The number of hydrogen-bond donors (Lipinski definition) is 1. The van der Waals surface area contributed by atoms with Gasteiger partial charge in [0.1, 0.15) is 5.76 Å². The lowest BCUT2D eigenvalue weighted by atomic mass is 10.1. The largest absolute Gasteiger partial charge is 0.467 e. The van der Waals surface area contributed by atoms with E-state index in [0.29, 0.717) is 0 Å². The number of rotatable bonds is 5. The summed E-state index contributed by atoms with van der Waals surface area (Å²) in [6.07, 6.45) is 2.64. The highest BCUT2D eigenvalue weighted by Gasteiger charge is 2.18. The van der Waals surface area contributed by atoms with Crippen molar-refractivity contribution < 1.29 is 4.42 Å². The third kappa shape index (κ3) is 2.64. The highest BCUT2D eigenvalue weighted by Crippen LogP contribution is 2.22. The summed E-state index contributed by atoms with van der Waals surface area (Å²) >= 11 is 0. The maximum atomic E-state index is 5.61. The second-order valence-electron chi connectivity index (χ2n) is 4.68. The van der Waals surface area contributed by atoms with Crippen molar-refractivity contribution in [3.63, 3.8) is 0 Å². The van der Waals surface area contributed by atoms with Crippen LogP contribution < -0.4 is 5.32 Å². The first kappa shape index (κ1) is 12.9. The molecule has 4 nitrogen and oxygen atoms in total. The number of nitrogens with zero attached hydrogens (tertiary/aromatic N) is 2. The molecule has 0 saturated carbocycles. The summed E-state index contributed by atoms with van der Waals surface area (Å²) in [5, 5.41) is 7.86. The second-order valence-corrected chi connectivity index (χ2v) is 4.68. The molecular weight excluding hydrogens is 226 g/mol. The number of likely N-dealkylation sites (N-methyl/N-ethyl adjacent to an activating group) is 1. The summed E-state index contributed by atoms with van der Waals surface area (Å²) in [5.74, 6) is 1.02. The number of aryl methyl sites for hydroxylation is 3. The Hall–Kier alpha value is -1.55. The highest BCUT2D eigenvalue weighted by atomic mass is 16.3. The van der Waals surface area contributed by atoms with Gasteiger partial charge in [0.2, 0.25) is 0 Å². The predicted octanol–water partition coefficient (Wildman–Crippen LogP) is 2.52. The van der Waals surface area contributed by atoms with E-state index in [2.05, 4.69) is 30.3 Å². The lowest BCUT2D eigenvalue weighted by Crippen LogP contribution is -2.24. The molecule has 18 heavy (non-hydrogen) atoms. The van der Waals surface area contributed by atoms with Gasteiger partial charge in [0.15, 0.2) is 0 Å². The zero-order valence-electron chi connectivity index (χ0n) is 11.5. The van der Waals surface area contributed by atoms with Crippen LogP contribution in [0.1, 0.15) is 35.7 Å². The number of nitrogens with one attached hydrogen (secondary N) is 1. The maximum Gasteiger partial charge on any atom is 0.123 e. The van der Waals surface area contributed by atoms with Gasteiger partial charge in [-0.1, -0.05) is 6.92 Å². The summed E-state index contributed by atoms with van der Waals surface area (Å²) in [5.41, 5.74) is 3.47. The molecule has 1 N–H and O–H groups in total. The summed E-state index contributed by atoms with van der Waals surface area (Å²) in [7, 11) is 1.99. The zero-order valence-corrected chi connectivity index (χ0v) is 11.5. The SMILES string of the molecule is CCNC(Cc1cc(C)nn1C)c1occc1C.